The highest BCUT2D eigenvalue weighted by Crippen LogP contribution is 2.18. The Kier molecular flexibility index (Phi) is 1.81. The zero-order valence-electron chi connectivity index (χ0n) is 7.55. The smallest absolute Gasteiger partial charge is 0.218 e. The van der Waals surface area contributed by atoms with E-state index < -0.39 is 0 Å². The molecule has 2 aromatic rings. The Balaban J connectivity index is 2.49. The van der Waals surface area contributed by atoms with Crippen LogP contribution in [0.5, 0.6) is 5.75 Å². The molecular weight excluding hydrogens is 182 g/mol. The summed E-state index contributed by atoms with van der Waals surface area (Å²) in [7, 11) is 1.70. The van der Waals surface area contributed by atoms with Crippen molar-refractivity contribution >= 4 is 5.95 Å². The zero-order chi connectivity index (χ0) is 10.1. The van der Waals surface area contributed by atoms with Gasteiger partial charge in [0.2, 0.25) is 5.95 Å². The van der Waals surface area contributed by atoms with E-state index in [0.29, 0.717) is 17.3 Å². The number of nitrogen functional groups attached to an aromatic ring is 1. The fourth-order valence-corrected chi connectivity index (χ4v) is 1.07. The normalized spacial score (nSPS) is 10.4. The first kappa shape index (κ1) is 8.49. The summed E-state index contributed by atoms with van der Waals surface area (Å²) in [5.74, 6) is 0.852. The molecule has 0 aliphatic rings. The number of hydrogen-bond acceptors (Lipinski definition) is 5. The van der Waals surface area contributed by atoms with Gasteiger partial charge in [-0.3, -0.25) is 4.98 Å². The summed E-state index contributed by atoms with van der Waals surface area (Å²) in [6, 6.07) is 1.53. The topological polar surface area (TPSA) is 89.8 Å². The van der Waals surface area contributed by atoms with Crippen molar-refractivity contribution in [3.8, 4) is 17.1 Å². The highest BCUT2D eigenvalue weighted by molar-refractivity contribution is 5.56. The van der Waals surface area contributed by atoms with Crippen LogP contribution >= 0.6 is 0 Å². The van der Waals surface area contributed by atoms with Crippen molar-refractivity contribution in [1.29, 1.82) is 0 Å². The summed E-state index contributed by atoms with van der Waals surface area (Å²) in [5, 5.41) is 13.2. The number of aromatic hydroxyl groups is 1. The third-order valence-corrected chi connectivity index (χ3v) is 1.78. The molecule has 0 amide bonds. The first-order valence-electron chi connectivity index (χ1n) is 3.98. The Morgan fingerprint density at radius 3 is 2.79 bits per heavy atom. The first-order valence-corrected chi connectivity index (χ1v) is 3.98. The van der Waals surface area contributed by atoms with Crippen LogP contribution in [0.3, 0.4) is 0 Å². The molecule has 6 nitrogen and oxygen atoms in total. The van der Waals surface area contributed by atoms with Gasteiger partial charge in [0.05, 0.1) is 6.20 Å². The first-order chi connectivity index (χ1) is 6.66. The Hall–Kier alpha value is -2.11. The van der Waals surface area contributed by atoms with Crippen LogP contribution in [-0.2, 0) is 7.05 Å². The van der Waals surface area contributed by atoms with Crippen molar-refractivity contribution < 1.29 is 5.11 Å². The van der Waals surface area contributed by atoms with E-state index in [9.17, 15) is 5.11 Å². The van der Waals surface area contributed by atoms with E-state index in [1.54, 1.807) is 13.2 Å². The highest BCUT2D eigenvalue weighted by Gasteiger charge is 2.07. The van der Waals surface area contributed by atoms with Crippen molar-refractivity contribution in [2.75, 3.05) is 5.73 Å². The maximum Gasteiger partial charge on any atom is 0.218 e. The third kappa shape index (κ3) is 1.37. The minimum absolute atomic E-state index is 0.0773. The molecule has 3 N–H and O–H groups in total. The van der Waals surface area contributed by atoms with Gasteiger partial charge in [-0.1, -0.05) is 0 Å². The van der Waals surface area contributed by atoms with Crippen molar-refractivity contribution in [2.24, 2.45) is 7.05 Å². The van der Waals surface area contributed by atoms with Crippen LogP contribution in [0.1, 0.15) is 0 Å². The molecule has 0 saturated heterocycles. The molecule has 0 fully saturated rings. The van der Waals surface area contributed by atoms with Crippen LogP contribution in [0.2, 0.25) is 0 Å². The SMILES string of the molecule is Cn1nc(-c2cncc(O)c2)nc1N. The lowest BCUT2D eigenvalue weighted by atomic mass is 10.3. The summed E-state index contributed by atoms with van der Waals surface area (Å²) in [6.45, 7) is 0. The number of pyridine rings is 1. The number of aryl methyl sites for hydroxylation is 1. The van der Waals surface area contributed by atoms with Gasteiger partial charge in [0.25, 0.3) is 0 Å². The van der Waals surface area contributed by atoms with Crippen LogP contribution in [0.25, 0.3) is 11.4 Å². The molecule has 0 spiro atoms. The molecule has 14 heavy (non-hydrogen) atoms. The molecule has 6 heteroatoms. The van der Waals surface area contributed by atoms with E-state index in [2.05, 4.69) is 15.1 Å². The van der Waals surface area contributed by atoms with Gasteiger partial charge in [0.1, 0.15) is 5.75 Å². The number of nitrogens with zero attached hydrogens (tertiary/aromatic N) is 4. The number of nitrogens with two attached hydrogens (primary N) is 1. The van der Waals surface area contributed by atoms with E-state index >= 15 is 0 Å². The van der Waals surface area contributed by atoms with Crippen molar-refractivity contribution in [2.45, 2.75) is 0 Å². The number of hydrogen-bond donors (Lipinski definition) is 2. The largest absolute Gasteiger partial charge is 0.506 e. The van der Waals surface area contributed by atoms with Crippen molar-refractivity contribution in [3.63, 3.8) is 0 Å². The fraction of sp³-hybridized carbons (Fsp3) is 0.125. The number of anilines is 1. The standard InChI is InChI=1S/C8H9N5O/c1-13-8(9)11-7(12-13)5-2-6(14)4-10-3-5/h2-4,14H,1H3,(H2,9,11,12). The quantitative estimate of drug-likeness (QED) is 0.670. The van der Waals surface area contributed by atoms with Crippen molar-refractivity contribution in [1.82, 2.24) is 19.7 Å². The van der Waals surface area contributed by atoms with Gasteiger partial charge in [0.15, 0.2) is 5.82 Å². The van der Waals surface area contributed by atoms with Crippen LogP contribution in [0.4, 0.5) is 5.95 Å². The zero-order valence-corrected chi connectivity index (χ0v) is 7.55. The molecule has 0 aliphatic carbocycles. The van der Waals surface area contributed by atoms with Crippen LogP contribution in [0, 0.1) is 0 Å². The second-order valence-corrected chi connectivity index (χ2v) is 2.85. The van der Waals surface area contributed by atoms with Crippen LogP contribution in [-0.4, -0.2) is 24.9 Å². The lowest BCUT2D eigenvalue weighted by Crippen LogP contribution is -1.97. The average Bonchev–Trinajstić information content (AvgIpc) is 2.47. The third-order valence-electron chi connectivity index (χ3n) is 1.78. The van der Waals surface area contributed by atoms with E-state index in [1.807, 2.05) is 0 Å². The Morgan fingerprint density at radius 2 is 2.21 bits per heavy atom. The van der Waals surface area contributed by atoms with Gasteiger partial charge in [-0.15, -0.1) is 5.10 Å². The molecule has 2 rings (SSSR count). The van der Waals surface area contributed by atoms with Gasteiger partial charge < -0.3 is 10.8 Å². The number of rotatable bonds is 1. The van der Waals surface area contributed by atoms with Crippen LogP contribution < -0.4 is 5.73 Å². The second-order valence-electron chi connectivity index (χ2n) is 2.85. The Labute approximate surface area is 80.0 Å². The van der Waals surface area contributed by atoms with E-state index in [-0.39, 0.29) is 5.75 Å². The number of aromatic nitrogens is 4. The summed E-state index contributed by atoms with van der Waals surface area (Å²) < 4.78 is 1.46. The Morgan fingerprint density at radius 1 is 1.43 bits per heavy atom. The molecule has 0 aromatic carbocycles. The van der Waals surface area contributed by atoms with Crippen LogP contribution in [0.15, 0.2) is 18.5 Å². The predicted molar refractivity (Wildman–Crippen MR) is 50.3 cm³/mol. The molecule has 2 aromatic heterocycles. The maximum absolute atomic E-state index is 9.19. The lowest BCUT2D eigenvalue weighted by Gasteiger charge is -1.94. The molecule has 0 aliphatic heterocycles. The van der Waals surface area contributed by atoms with E-state index in [1.165, 1.54) is 16.9 Å². The van der Waals surface area contributed by atoms with E-state index in [0.717, 1.165) is 0 Å². The minimum atomic E-state index is 0.0773. The van der Waals surface area contributed by atoms with E-state index in [4.69, 9.17) is 5.73 Å². The van der Waals surface area contributed by atoms with Gasteiger partial charge in [-0.25, -0.2) is 4.68 Å². The molecule has 0 bridgehead atoms. The van der Waals surface area contributed by atoms with Gasteiger partial charge in [0, 0.05) is 18.8 Å². The molecule has 0 atom stereocenters. The molecule has 72 valence electrons. The average molecular weight is 191 g/mol. The van der Waals surface area contributed by atoms with Gasteiger partial charge in [-0.2, -0.15) is 4.98 Å². The molecule has 2 heterocycles. The summed E-state index contributed by atoms with van der Waals surface area (Å²) in [6.07, 6.45) is 2.91. The lowest BCUT2D eigenvalue weighted by molar-refractivity contribution is 0.473. The molecule has 0 radical (unpaired) electrons. The maximum atomic E-state index is 9.19. The fourth-order valence-electron chi connectivity index (χ4n) is 1.07. The van der Waals surface area contributed by atoms with Gasteiger partial charge >= 0.3 is 0 Å². The Bertz CT molecular complexity index is 445. The summed E-state index contributed by atoms with van der Waals surface area (Å²) in [4.78, 5) is 7.82. The summed E-state index contributed by atoms with van der Waals surface area (Å²) >= 11 is 0. The van der Waals surface area contributed by atoms with Gasteiger partial charge in [-0.05, 0) is 6.07 Å². The molecule has 0 unspecified atom stereocenters. The predicted octanol–water partition coefficient (Wildman–Crippen LogP) is 0.165. The molecular formula is C8H9N5O. The molecule has 0 saturated carbocycles. The van der Waals surface area contributed by atoms with Crippen molar-refractivity contribution in [3.05, 3.63) is 18.5 Å². The monoisotopic (exact) mass is 191 g/mol. The minimum Gasteiger partial charge on any atom is -0.506 e. The summed E-state index contributed by atoms with van der Waals surface area (Å²) in [5.41, 5.74) is 6.16. The second kappa shape index (κ2) is 2.99. The highest BCUT2D eigenvalue weighted by atomic mass is 16.3.